The van der Waals surface area contributed by atoms with Gasteiger partial charge in [-0.3, -0.25) is 0 Å². The van der Waals surface area contributed by atoms with Crippen LogP contribution < -0.4 is 4.74 Å². The number of hydrogen-bond donors (Lipinski definition) is 0. The van der Waals surface area contributed by atoms with Crippen LogP contribution in [0.4, 0.5) is 13.2 Å². The van der Waals surface area contributed by atoms with Crippen molar-refractivity contribution in [2.24, 2.45) is 0 Å². The fourth-order valence-corrected chi connectivity index (χ4v) is 3.45. The Kier molecular flexibility index (Phi) is 5.40. The van der Waals surface area contributed by atoms with E-state index in [4.69, 9.17) is 4.74 Å². The first-order chi connectivity index (χ1) is 12.4. The van der Waals surface area contributed by atoms with E-state index in [0.717, 1.165) is 23.1 Å². The van der Waals surface area contributed by atoms with E-state index in [1.807, 2.05) is 25.1 Å². The lowest BCUT2D eigenvalue weighted by Crippen LogP contribution is -2.24. The summed E-state index contributed by atoms with van der Waals surface area (Å²) in [5, 5.41) is 0. The van der Waals surface area contributed by atoms with Gasteiger partial charge in [-0.2, -0.15) is 0 Å². The van der Waals surface area contributed by atoms with Crippen molar-refractivity contribution >= 4 is 5.57 Å². The summed E-state index contributed by atoms with van der Waals surface area (Å²) < 4.78 is 46.9. The van der Waals surface area contributed by atoms with Gasteiger partial charge in [0.15, 0.2) is 0 Å². The Labute approximate surface area is 152 Å². The molecule has 0 saturated carbocycles. The predicted molar refractivity (Wildman–Crippen MR) is 98.2 cm³/mol. The van der Waals surface area contributed by atoms with Crippen LogP contribution in [0, 0.1) is 12.7 Å². The molecule has 0 saturated heterocycles. The summed E-state index contributed by atoms with van der Waals surface area (Å²) in [7, 11) is 0. The second-order valence-corrected chi connectivity index (χ2v) is 6.85. The van der Waals surface area contributed by atoms with E-state index >= 15 is 0 Å². The molecule has 3 rings (SSSR count). The van der Waals surface area contributed by atoms with Gasteiger partial charge in [-0.1, -0.05) is 25.1 Å². The molecule has 0 amide bonds. The SMILES string of the molecule is CCc1ccc(OCC2=C(c3ccc(F)cc3)CCC(F)(F)C2)cc1C. The van der Waals surface area contributed by atoms with Crippen molar-refractivity contribution < 1.29 is 17.9 Å². The summed E-state index contributed by atoms with van der Waals surface area (Å²) in [6, 6.07) is 11.8. The fraction of sp³-hybridized carbons (Fsp3) is 0.364. The van der Waals surface area contributed by atoms with E-state index < -0.39 is 5.92 Å². The molecule has 1 aliphatic carbocycles. The number of alkyl halides is 2. The zero-order valence-corrected chi connectivity index (χ0v) is 15.1. The molecular weight excluding hydrogens is 337 g/mol. The second kappa shape index (κ2) is 7.56. The molecular formula is C22H23F3O. The summed E-state index contributed by atoms with van der Waals surface area (Å²) in [6.07, 6.45) is 0.711. The largest absolute Gasteiger partial charge is 0.489 e. The van der Waals surface area contributed by atoms with Gasteiger partial charge in [0.1, 0.15) is 18.2 Å². The van der Waals surface area contributed by atoms with Gasteiger partial charge < -0.3 is 4.74 Å². The van der Waals surface area contributed by atoms with Gasteiger partial charge in [-0.05, 0) is 71.9 Å². The van der Waals surface area contributed by atoms with E-state index in [0.29, 0.717) is 11.3 Å². The Morgan fingerprint density at radius 1 is 1.08 bits per heavy atom. The van der Waals surface area contributed by atoms with Crippen LogP contribution in [-0.4, -0.2) is 12.5 Å². The Bertz CT molecular complexity index is 807. The summed E-state index contributed by atoms with van der Waals surface area (Å²) in [5.74, 6) is -2.37. The molecule has 1 nitrogen and oxygen atoms in total. The molecule has 138 valence electrons. The minimum absolute atomic E-state index is 0.118. The molecule has 2 aromatic rings. The third-order valence-electron chi connectivity index (χ3n) is 4.94. The highest BCUT2D eigenvalue weighted by atomic mass is 19.3. The first kappa shape index (κ1) is 18.6. The molecule has 0 aliphatic heterocycles. The number of rotatable bonds is 5. The fourth-order valence-electron chi connectivity index (χ4n) is 3.45. The molecule has 0 bridgehead atoms. The quantitative estimate of drug-likeness (QED) is 0.604. The number of ether oxygens (including phenoxy) is 1. The maximum atomic E-state index is 13.9. The van der Waals surface area contributed by atoms with Crippen LogP contribution in [0.2, 0.25) is 0 Å². The molecule has 0 aromatic heterocycles. The van der Waals surface area contributed by atoms with Gasteiger partial charge in [0, 0.05) is 12.8 Å². The van der Waals surface area contributed by atoms with Crippen LogP contribution in [-0.2, 0) is 6.42 Å². The molecule has 26 heavy (non-hydrogen) atoms. The topological polar surface area (TPSA) is 9.23 Å². The lowest BCUT2D eigenvalue weighted by Gasteiger charge is -2.27. The Balaban J connectivity index is 1.84. The van der Waals surface area contributed by atoms with Crippen molar-refractivity contribution in [3.8, 4) is 5.75 Å². The van der Waals surface area contributed by atoms with Gasteiger partial charge in [0.2, 0.25) is 0 Å². The molecule has 1 aliphatic rings. The molecule has 0 fully saturated rings. The summed E-state index contributed by atoms with van der Waals surface area (Å²) in [6.45, 7) is 4.23. The van der Waals surface area contributed by atoms with Gasteiger partial charge >= 0.3 is 0 Å². The molecule has 0 atom stereocenters. The van der Waals surface area contributed by atoms with E-state index in [1.54, 1.807) is 12.1 Å². The highest BCUT2D eigenvalue weighted by molar-refractivity contribution is 5.70. The molecule has 0 N–H and O–H groups in total. The van der Waals surface area contributed by atoms with E-state index in [9.17, 15) is 13.2 Å². The summed E-state index contributed by atoms with van der Waals surface area (Å²) in [4.78, 5) is 0. The maximum absolute atomic E-state index is 13.9. The smallest absolute Gasteiger partial charge is 0.252 e. The molecule has 0 unspecified atom stereocenters. The number of aryl methyl sites for hydroxylation is 2. The highest BCUT2D eigenvalue weighted by Crippen LogP contribution is 2.41. The average Bonchev–Trinajstić information content (AvgIpc) is 2.60. The lowest BCUT2D eigenvalue weighted by atomic mass is 9.85. The van der Waals surface area contributed by atoms with Crippen LogP contribution >= 0.6 is 0 Å². The Morgan fingerprint density at radius 3 is 2.46 bits per heavy atom. The van der Waals surface area contributed by atoms with Gasteiger partial charge in [0.05, 0.1) is 0 Å². The Morgan fingerprint density at radius 2 is 1.81 bits per heavy atom. The summed E-state index contributed by atoms with van der Waals surface area (Å²) in [5.41, 5.74) is 4.60. The second-order valence-electron chi connectivity index (χ2n) is 6.85. The normalized spacial score (nSPS) is 16.7. The number of hydrogen-bond acceptors (Lipinski definition) is 1. The minimum atomic E-state index is -2.72. The van der Waals surface area contributed by atoms with E-state index in [-0.39, 0.29) is 31.7 Å². The van der Waals surface area contributed by atoms with Crippen molar-refractivity contribution in [3.63, 3.8) is 0 Å². The minimum Gasteiger partial charge on any atom is -0.489 e. The predicted octanol–water partition coefficient (Wildman–Crippen LogP) is 6.35. The highest BCUT2D eigenvalue weighted by Gasteiger charge is 2.35. The van der Waals surface area contributed by atoms with Crippen LogP contribution in [0.5, 0.6) is 5.75 Å². The molecule has 4 heteroatoms. The van der Waals surface area contributed by atoms with Crippen LogP contribution in [0.1, 0.15) is 42.9 Å². The van der Waals surface area contributed by atoms with Crippen LogP contribution in [0.25, 0.3) is 5.57 Å². The molecule has 0 spiro atoms. The third-order valence-corrected chi connectivity index (χ3v) is 4.94. The van der Waals surface area contributed by atoms with Crippen molar-refractivity contribution in [2.75, 3.05) is 6.61 Å². The average molecular weight is 360 g/mol. The first-order valence-electron chi connectivity index (χ1n) is 8.95. The Hall–Kier alpha value is -2.23. The van der Waals surface area contributed by atoms with Crippen molar-refractivity contribution in [2.45, 2.75) is 45.5 Å². The number of halogens is 3. The van der Waals surface area contributed by atoms with E-state index in [1.165, 1.54) is 17.7 Å². The van der Waals surface area contributed by atoms with Crippen molar-refractivity contribution in [1.29, 1.82) is 0 Å². The maximum Gasteiger partial charge on any atom is 0.252 e. The van der Waals surface area contributed by atoms with Gasteiger partial charge in [-0.15, -0.1) is 0 Å². The van der Waals surface area contributed by atoms with E-state index in [2.05, 4.69) is 6.92 Å². The number of allylic oxidation sites excluding steroid dienone is 1. The summed E-state index contributed by atoms with van der Waals surface area (Å²) >= 11 is 0. The van der Waals surface area contributed by atoms with Crippen molar-refractivity contribution in [1.82, 2.24) is 0 Å². The number of benzene rings is 2. The zero-order valence-electron chi connectivity index (χ0n) is 15.1. The zero-order chi connectivity index (χ0) is 18.7. The van der Waals surface area contributed by atoms with Gasteiger partial charge in [-0.25, -0.2) is 13.2 Å². The molecule has 0 heterocycles. The monoisotopic (exact) mass is 360 g/mol. The standard InChI is InChI=1S/C22H23F3O/c1-3-16-6-9-20(12-15(16)2)26-14-18-13-22(24,25)11-10-21(18)17-4-7-19(23)8-5-17/h4-9,12H,3,10-11,13-14H2,1-2H3. The lowest BCUT2D eigenvalue weighted by molar-refractivity contribution is -0.0112. The van der Waals surface area contributed by atoms with Crippen LogP contribution in [0.3, 0.4) is 0 Å². The third kappa shape index (κ3) is 4.29. The molecule has 0 radical (unpaired) electrons. The first-order valence-corrected chi connectivity index (χ1v) is 8.95. The van der Waals surface area contributed by atoms with Crippen LogP contribution in [0.15, 0.2) is 48.0 Å². The van der Waals surface area contributed by atoms with Crippen molar-refractivity contribution in [3.05, 3.63) is 70.5 Å². The van der Waals surface area contributed by atoms with Gasteiger partial charge in [0.25, 0.3) is 5.92 Å². The molecule has 2 aromatic carbocycles.